The molecule has 58 valence electrons. The molecule has 0 aromatic carbocycles. The number of carbonyl (C=O) groups is 1. The third-order valence-corrected chi connectivity index (χ3v) is 1.07. The normalized spacial score (nSPS) is 9.10. The summed E-state index contributed by atoms with van der Waals surface area (Å²) in [7, 11) is 0. The molecule has 0 atom stereocenters. The second-order valence-electron chi connectivity index (χ2n) is 1.74. The molecule has 1 nitrogen and oxygen atoms in total. The maximum Gasteiger partial charge on any atom is 0.266 e. The van der Waals surface area contributed by atoms with E-state index in [1.807, 2.05) is 0 Å². The molecule has 0 heterocycles. The summed E-state index contributed by atoms with van der Waals surface area (Å²) in [6, 6.07) is 0. The SMILES string of the molecule is O=C(Cl)CCCC=C(F)F. The molecule has 0 aliphatic rings. The van der Waals surface area contributed by atoms with Crippen molar-refractivity contribution in [3.63, 3.8) is 0 Å². The molecule has 0 unspecified atom stereocenters. The first-order valence-corrected chi connectivity index (χ1v) is 3.20. The van der Waals surface area contributed by atoms with Gasteiger partial charge in [-0.1, -0.05) is 0 Å². The van der Waals surface area contributed by atoms with E-state index < -0.39 is 11.3 Å². The Morgan fingerprint density at radius 3 is 2.50 bits per heavy atom. The fourth-order valence-corrected chi connectivity index (χ4v) is 0.586. The predicted octanol–water partition coefficient (Wildman–Crippen LogP) is 2.70. The zero-order valence-corrected chi connectivity index (χ0v) is 6.00. The summed E-state index contributed by atoms with van der Waals surface area (Å²) < 4.78 is 22.6. The summed E-state index contributed by atoms with van der Waals surface area (Å²) in [6.45, 7) is 0. The van der Waals surface area contributed by atoms with Crippen LogP contribution < -0.4 is 0 Å². The Kier molecular flexibility index (Phi) is 5.12. The molecule has 4 heteroatoms. The van der Waals surface area contributed by atoms with E-state index >= 15 is 0 Å². The summed E-state index contributed by atoms with van der Waals surface area (Å²) >= 11 is 4.95. The molecular weight excluding hydrogens is 162 g/mol. The Bertz CT molecular complexity index is 141. The molecular formula is C6H7ClF2O. The minimum atomic E-state index is -1.71. The molecule has 0 spiro atoms. The van der Waals surface area contributed by atoms with E-state index in [1.54, 1.807) is 0 Å². The zero-order valence-electron chi connectivity index (χ0n) is 5.24. The first kappa shape index (κ1) is 9.56. The number of hydrogen-bond donors (Lipinski definition) is 0. The average Bonchev–Trinajstić information content (AvgIpc) is 1.79. The monoisotopic (exact) mass is 168 g/mol. The number of unbranched alkanes of at least 4 members (excludes halogenated alkanes) is 1. The molecule has 0 N–H and O–H groups in total. The fourth-order valence-electron chi connectivity index (χ4n) is 0.452. The summed E-state index contributed by atoms with van der Waals surface area (Å²) in [5, 5.41) is -0.479. The van der Waals surface area contributed by atoms with Crippen LogP contribution in [0.3, 0.4) is 0 Å². The first-order chi connectivity index (χ1) is 4.63. The number of rotatable bonds is 4. The minimum absolute atomic E-state index is 0.158. The molecule has 0 aromatic heterocycles. The van der Waals surface area contributed by atoms with E-state index in [0.29, 0.717) is 6.42 Å². The maximum atomic E-state index is 11.3. The quantitative estimate of drug-likeness (QED) is 0.466. The van der Waals surface area contributed by atoms with Gasteiger partial charge in [-0.05, 0) is 30.5 Å². The molecule has 0 fully saturated rings. The van der Waals surface area contributed by atoms with Crippen LogP contribution >= 0.6 is 11.6 Å². The summed E-state index contributed by atoms with van der Waals surface area (Å²) in [4.78, 5) is 10.0. The lowest BCUT2D eigenvalue weighted by molar-refractivity contribution is -0.111. The van der Waals surface area contributed by atoms with Crippen molar-refractivity contribution >= 4 is 16.8 Å². The van der Waals surface area contributed by atoms with Crippen molar-refractivity contribution < 1.29 is 13.6 Å². The topological polar surface area (TPSA) is 17.1 Å². The van der Waals surface area contributed by atoms with Crippen LogP contribution in [-0.4, -0.2) is 5.24 Å². The van der Waals surface area contributed by atoms with Gasteiger partial charge in [0, 0.05) is 6.42 Å². The molecule has 0 saturated carbocycles. The van der Waals surface area contributed by atoms with Gasteiger partial charge in [0.15, 0.2) is 0 Å². The number of halogens is 3. The van der Waals surface area contributed by atoms with Gasteiger partial charge in [-0.15, -0.1) is 0 Å². The van der Waals surface area contributed by atoms with Crippen molar-refractivity contribution in [2.75, 3.05) is 0 Å². The Morgan fingerprint density at radius 2 is 2.10 bits per heavy atom. The van der Waals surface area contributed by atoms with E-state index in [-0.39, 0.29) is 12.8 Å². The van der Waals surface area contributed by atoms with Gasteiger partial charge in [-0.2, -0.15) is 8.78 Å². The second kappa shape index (κ2) is 5.35. The van der Waals surface area contributed by atoms with Gasteiger partial charge in [-0.3, -0.25) is 4.79 Å². The van der Waals surface area contributed by atoms with E-state index in [0.717, 1.165) is 6.08 Å². The Hall–Kier alpha value is -0.440. The molecule has 0 rings (SSSR count). The van der Waals surface area contributed by atoms with E-state index in [1.165, 1.54) is 0 Å². The minimum Gasteiger partial charge on any atom is -0.281 e. The maximum absolute atomic E-state index is 11.3. The van der Waals surface area contributed by atoms with Gasteiger partial charge < -0.3 is 0 Å². The second-order valence-corrected chi connectivity index (χ2v) is 2.16. The van der Waals surface area contributed by atoms with Gasteiger partial charge in [0.2, 0.25) is 5.24 Å². The summed E-state index contributed by atoms with van der Waals surface area (Å²) in [5.74, 6) is 0. The Morgan fingerprint density at radius 1 is 1.50 bits per heavy atom. The third kappa shape index (κ3) is 7.56. The van der Waals surface area contributed by atoms with Crippen LogP contribution in [0, 0.1) is 0 Å². The highest BCUT2D eigenvalue weighted by Gasteiger charge is 1.94. The number of allylic oxidation sites excluding steroid dienone is 1. The van der Waals surface area contributed by atoms with E-state index in [2.05, 4.69) is 0 Å². The van der Waals surface area contributed by atoms with Gasteiger partial charge in [0.05, 0.1) is 0 Å². The van der Waals surface area contributed by atoms with Gasteiger partial charge in [0.25, 0.3) is 6.08 Å². The van der Waals surface area contributed by atoms with Crippen LogP contribution in [-0.2, 0) is 4.79 Å². The molecule has 0 saturated heterocycles. The zero-order chi connectivity index (χ0) is 7.98. The van der Waals surface area contributed by atoms with E-state index in [9.17, 15) is 13.6 Å². The first-order valence-electron chi connectivity index (χ1n) is 2.82. The highest BCUT2D eigenvalue weighted by Crippen LogP contribution is 2.04. The van der Waals surface area contributed by atoms with Crippen molar-refractivity contribution in [2.45, 2.75) is 19.3 Å². The fraction of sp³-hybridized carbons (Fsp3) is 0.500. The highest BCUT2D eigenvalue weighted by atomic mass is 35.5. The van der Waals surface area contributed by atoms with Gasteiger partial charge in [0.1, 0.15) is 0 Å². The summed E-state index contributed by atoms with van der Waals surface area (Å²) in [5.41, 5.74) is 0. The lowest BCUT2D eigenvalue weighted by Gasteiger charge is -1.87. The van der Waals surface area contributed by atoms with Crippen LogP contribution in [0.4, 0.5) is 8.78 Å². The molecule has 0 bridgehead atoms. The summed E-state index contributed by atoms with van der Waals surface area (Å²) in [6.07, 6.45) is -0.173. The predicted molar refractivity (Wildman–Crippen MR) is 35.0 cm³/mol. The third-order valence-electron chi connectivity index (χ3n) is 0.876. The molecule has 0 aliphatic carbocycles. The lowest BCUT2D eigenvalue weighted by Crippen LogP contribution is -1.83. The largest absolute Gasteiger partial charge is 0.281 e. The molecule has 0 aliphatic heterocycles. The van der Waals surface area contributed by atoms with Crippen LogP contribution in [0.15, 0.2) is 12.2 Å². The molecule has 0 radical (unpaired) electrons. The van der Waals surface area contributed by atoms with Crippen molar-refractivity contribution in [1.29, 1.82) is 0 Å². The van der Waals surface area contributed by atoms with Crippen LogP contribution in [0.25, 0.3) is 0 Å². The number of hydrogen-bond acceptors (Lipinski definition) is 1. The molecule has 10 heavy (non-hydrogen) atoms. The standard InChI is InChI=1S/C6H7ClF2O/c7-5(10)3-1-2-4-6(8)9/h4H,1-3H2. The van der Waals surface area contributed by atoms with E-state index in [4.69, 9.17) is 11.6 Å². The van der Waals surface area contributed by atoms with Gasteiger partial charge in [-0.25, -0.2) is 0 Å². The number of carbonyl (C=O) groups excluding carboxylic acids is 1. The van der Waals surface area contributed by atoms with Crippen molar-refractivity contribution in [1.82, 2.24) is 0 Å². The van der Waals surface area contributed by atoms with Gasteiger partial charge >= 0.3 is 0 Å². The Labute approximate surface area is 62.7 Å². The molecule has 0 aromatic rings. The smallest absolute Gasteiger partial charge is 0.266 e. The Balaban J connectivity index is 3.21. The van der Waals surface area contributed by atoms with Crippen molar-refractivity contribution in [2.24, 2.45) is 0 Å². The highest BCUT2D eigenvalue weighted by molar-refractivity contribution is 6.63. The van der Waals surface area contributed by atoms with Crippen molar-refractivity contribution in [3.8, 4) is 0 Å². The van der Waals surface area contributed by atoms with Crippen molar-refractivity contribution in [3.05, 3.63) is 12.2 Å². The lowest BCUT2D eigenvalue weighted by atomic mass is 10.2. The average molecular weight is 169 g/mol. The van der Waals surface area contributed by atoms with Crippen LogP contribution in [0.2, 0.25) is 0 Å². The molecule has 0 amide bonds. The van der Waals surface area contributed by atoms with Crippen LogP contribution in [0.1, 0.15) is 19.3 Å². The van der Waals surface area contributed by atoms with Crippen LogP contribution in [0.5, 0.6) is 0 Å².